The maximum absolute atomic E-state index is 12.7. The van der Waals surface area contributed by atoms with Crippen LogP contribution in [0, 0.1) is 6.92 Å². The largest absolute Gasteiger partial charge is 0.457 e. The average molecular weight is 471 g/mol. The molecule has 0 fully saturated rings. The third-order valence-electron chi connectivity index (χ3n) is 5.14. The Hall–Kier alpha value is -4.66. The van der Waals surface area contributed by atoms with Crippen LogP contribution in [0.2, 0.25) is 0 Å². The van der Waals surface area contributed by atoms with Crippen molar-refractivity contribution in [3.05, 3.63) is 89.9 Å². The molecule has 4 rings (SSSR count). The van der Waals surface area contributed by atoms with Crippen LogP contribution in [0.4, 0.5) is 16.3 Å². The molecule has 0 saturated heterocycles. The number of ether oxygens (including phenoxy) is 1. The van der Waals surface area contributed by atoms with E-state index in [1.165, 1.54) is 12.3 Å². The number of nitrogens with two attached hydrogens (primary N) is 1. The third kappa shape index (κ3) is 5.83. The molecule has 2 heterocycles. The summed E-state index contributed by atoms with van der Waals surface area (Å²) in [5.74, 6) is 1.09. The molecule has 3 amide bonds. The van der Waals surface area contributed by atoms with Crippen LogP contribution in [0.15, 0.2) is 72.9 Å². The number of aryl methyl sites for hydroxylation is 1. The van der Waals surface area contributed by atoms with Crippen LogP contribution >= 0.6 is 0 Å². The maximum Gasteiger partial charge on any atom is 0.324 e. The molecular formula is C26H26N6O3. The smallest absolute Gasteiger partial charge is 0.324 e. The van der Waals surface area contributed by atoms with Gasteiger partial charge in [0.1, 0.15) is 23.0 Å². The summed E-state index contributed by atoms with van der Waals surface area (Å²) in [5.41, 5.74) is 8.78. The number of nitrogens with zero attached hydrogens (tertiary/aromatic N) is 3. The van der Waals surface area contributed by atoms with E-state index in [1.54, 1.807) is 35.0 Å². The van der Waals surface area contributed by atoms with Gasteiger partial charge in [0.15, 0.2) is 0 Å². The van der Waals surface area contributed by atoms with Crippen LogP contribution in [0.1, 0.15) is 41.5 Å². The Morgan fingerprint density at radius 2 is 1.74 bits per heavy atom. The van der Waals surface area contributed by atoms with Crippen molar-refractivity contribution >= 4 is 23.4 Å². The fourth-order valence-electron chi connectivity index (χ4n) is 3.36. The molecule has 178 valence electrons. The minimum absolute atomic E-state index is 0.114. The topological polar surface area (TPSA) is 124 Å². The second kappa shape index (κ2) is 10.1. The summed E-state index contributed by atoms with van der Waals surface area (Å²) in [7, 11) is 0. The molecule has 0 bridgehead atoms. The standard InChI is InChI=1S/C26H26N6O3/c1-16(2)22-15-24(32(31-22)19-6-4-5-17(3)13-19)30-26(34)29-18-7-9-20(10-8-18)35-21-11-12-28-23(14-21)25(27)33/h4-16H,1-3H3,(H2,27,33)(H2,29,30,34). The molecule has 4 N–H and O–H groups in total. The zero-order valence-electron chi connectivity index (χ0n) is 19.6. The maximum atomic E-state index is 12.7. The number of aromatic nitrogens is 3. The zero-order valence-corrected chi connectivity index (χ0v) is 19.6. The molecule has 0 radical (unpaired) electrons. The highest BCUT2D eigenvalue weighted by Gasteiger charge is 2.15. The van der Waals surface area contributed by atoms with Gasteiger partial charge in [-0.2, -0.15) is 5.10 Å². The molecule has 0 atom stereocenters. The first-order valence-electron chi connectivity index (χ1n) is 11.1. The van der Waals surface area contributed by atoms with Gasteiger partial charge < -0.3 is 15.8 Å². The van der Waals surface area contributed by atoms with Crippen molar-refractivity contribution in [3.63, 3.8) is 0 Å². The lowest BCUT2D eigenvalue weighted by Crippen LogP contribution is -2.21. The number of carbonyl (C=O) groups is 2. The first-order chi connectivity index (χ1) is 16.8. The quantitative estimate of drug-likeness (QED) is 0.341. The number of urea groups is 1. The predicted octanol–water partition coefficient (Wildman–Crippen LogP) is 5.23. The van der Waals surface area contributed by atoms with Gasteiger partial charge in [-0.15, -0.1) is 0 Å². The molecule has 9 heteroatoms. The molecule has 0 aliphatic carbocycles. The van der Waals surface area contributed by atoms with E-state index in [4.69, 9.17) is 10.5 Å². The van der Waals surface area contributed by atoms with Gasteiger partial charge in [-0.3, -0.25) is 15.1 Å². The highest BCUT2D eigenvalue weighted by Crippen LogP contribution is 2.25. The second-order valence-electron chi connectivity index (χ2n) is 8.31. The molecular weight excluding hydrogens is 444 g/mol. The zero-order chi connectivity index (χ0) is 24.9. The van der Waals surface area contributed by atoms with Gasteiger partial charge in [-0.25, -0.2) is 9.48 Å². The van der Waals surface area contributed by atoms with E-state index in [2.05, 4.69) is 34.6 Å². The minimum atomic E-state index is -0.634. The monoisotopic (exact) mass is 470 g/mol. The molecule has 0 spiro atoms. The van der Waals surface area contributed by atoms with Gasteiger partial charge in [0.25, 0.3) is 5.91 Å². The number of amides is 3. The lowest BCUT2D eigenvalue weighted by Gasteiger charge is -2.11. The summed E-state index contributed by atoms with van der Waals surface area (Å²) in [6.07, 6.45) is 1.45. The Morgan fingerprint density at radius 1 is 0.971 bits per heavy atom. The SMILES string of the molecule is Cc1cccc(-n2nc(C(C)C)cc2NC(=O)Nc2ccc(Oc3ccnc(C(N)=O)c3)cc2)c1. The van der Waals surface area contributed by atoms with Gasteiger partial charge in [0.05, 0.1) is 11.4 Å². The number of primary amides is 1. The Kier molecular flexibility index (Phi) is 6.77. The van der Waals surface area contributed by atoms with Crippen molar-refractivity contribution in [2.24, 2.45) is 5.73 Å². The molecule has 0 saturated carbocycles. The van der Waals surface area contributed by atoms with Crippen molar-refractivity contribution in [2.75, 3.05) is 10.6 Å². The van der Waals surface area contributed by atoms with E-state index >= 15 is 0 Å². The Morgan fingerprint density at radius 3 is 2.43 bits per heavy atom. The molecule has 2 aromatic carbocycles. The summed E-state index contributed by atoms with van der Waals surface area (Å²) < 4.78 is 7.47. The highest BCUT2D eigenvalue weighted by molar-refractivity contribution is 5.99. The Labute approximate surface area is 202 Å². The number of hydrogen-bond acceptors (Lipinski definition) is 5. The van der Waals surface area contributed by atoms with E-state index in [-0.39, 0.29) is 11.6 Å². The van der Waals surface area contributed by atoms with Gasteiger partial charge in [0.2, 0.25) is 0 Å². The van der Waals surface area contributed by atoms with Gasteiger partial charge in [-0.1, -0.05) is 26.0 Å². The average Bonchev–Trinajstić information content (AvgIpc) is 3.24. The van der Waals surface area contributed by atoms with Gasteiger partial charge in [0, 0.05) is 24.0 Å². The molecule has 2 aromatic heterocycles. The van der Waals surface area contributed by atoms with Crippen molar-refractivity contribution in [2.45, 2.75) is 26.7 Å². The molecule has 0 aliphatic rings. The predicted molar refractivity (Wildman–Crippen MR) is 134 cm³/mol. The summed E-state index contributed by atoms with van der Waals surface area (Å²) in [6, 6.07) is 19.3. The number of carbonyl (C=O) groups excluding carboxylic acids is 2. The normalized spacial score (nSPS) is 10.7. The van der Waals surface area contributed by atoms with E-state index in [0.717, 1.165) is 16.9 Å². The minimum Gasteiger partial charge on any atom is -0.457 e. The Bertz CT molecular complexity index is 1360. The third-order valence-corrected chi connectivity index (χ3v) is 5.14. The van der Waals surface area contributed by atoms with Crippen molar-refractivity contribution in [1.29, 1.82) is 0 Å². The van der Waals surface area contributed by atoms with Crippen LogP contribution in [0.5, 0.6) is 11.5 Å². The van der Waals surface area contributed by atoms with Gasteiger partial charge in [-0.05, 0) is 60.9 Å². The van der Waals surface area contributed by atoms with Crippen LogP contribution in [0.25, 0.3) is 5.69 Å². The number of pyridine rings is 1. The van der Waals surface area contributed by atoms with Crippen LogP contribution < -0.4 is 21.1 Å². The summed E-state index contributed by atoms with van der Waals surface area (Å²) in [4.78, 5) is 27.9. The van der Waals surface area contributed by atoms with Crippen molar-refractivity contribution < 1.29 is 14.3 Å². The molecule has 4 aromatic rings. The summed E-state index contributed by atoms with van der Waals surface area (Å²) in [6.45, 7) is 6.11. The molecule has 0 unspecified atom stereocenters. The van der Waals surface area contributed by atoms with Crippen LogP contribution in [0.3, 0.4) is 0 Å². The number of rotatable bonds is 7. The first kappa shape index (κ1) is 23.5. The van der Waals surface area contributed by atoms with Crippen LogP contribution in [-0.4, -0.2) is 26.7 Å². The second-order valence-corrected chi connectivity index (χ2v) is 8.31. The number of anilines is 2. The molecule has 9 nitrogen and oxygen atoms in total. The number of nitrogens with one attached hydrogen (secondary N) is 2. The summed E-state index contributed by atoms with van der Waals surface area (Å²) in [5, 5.41) is 10.4. The lowest BCUT2D eigenvalue weighted by molar-refractivity contribution is 0.0995. The fourth-order valence-corrected chi connectivity index (χ4v) is 3.36. The molecule has 0 aliphatic heterocycles. The summed E-state index contributed by atoms with van der Waals surface area (Å²) >= 11 is 0. The number of hydrogen-bond donors (Lipinski definition) is 3. The van der Waals surface area contributed by atoms with E-state index < -0.39 is 11.9 Å². The highest BCUT2D eigenvalue weighted by atomic mass is 16.5. The Balaban J connectivity index is 1.45. The lowest BCUT2D eigenvalue weighted by atomic mass is 10.1. The molecule has 35 heavy (non-hydrogen) atoms. The number of benzene rings is 2. The fraction of sp³-hybridized carbons (Fsp3) is 0.154. The van der Waals surface area contributed by atoms with Crippen LogP contribution in [-0.2, 0) is 0 Å². The van der Waals surface area contributed by atoms with E-state index in [9.17, 15) is 9.59 Å². The van der Waals surface area contributed by atoms with Gasteiger partial charge >= 0.3 is 6.03 Å². The van der Waals surface area contributed by atoms with Crippen molar-refractivity contribution in [1.82, 2.24) is 14.8 Å². The van der Waals surface area contributed by atoms with Crippen molar-refractivity contribution in [3.8, 4) is 17.2 Å². The first-order valence-corrected chi connectivity index (χ1v) is 11.1. The van der Waals surface area contributed by atoms with E-state index in [0.29, 0.717) is 23.0 Å². The van der Waals surface area contributed by atoms with E-state index in [1.807, 2.05) is 37.3 Å².